The number of nitrogens with zero attached hydrogens (tertiary/aromatic N) is 3. The van der Waals surface area contributed by atoms with Gasteiger partial charge in [-0.1, -0.05) is 6.92 Å². The van der Waals surface area contributed by atoms with Crippen LogP contribution in [0.5, 0.6) is 0 Å². The second-order valence-corrected chi connectivity index (χ2v) is 3.52. The molecule has 0 aliphatic rings. The minimum atomic E-state index is -0.242. The third-order valence-corrected chi connectivity index (χ3v) is 2.28. The van der Waals surface area contributed by atoms with E-state index in [2.05, 4.69) is 20.1 Å². The highest BCUT2D eigenvalue weighted by Gasteiger charge is 2.15. The molecular formula is C10H18N4O2. The molecule has 1 N–H and O–H groups in total. The molecule has 6 heteroatoms. The summed E-state index contributed by atoms with van der Waals surface area (Å²) >= 11 is 0. The number of ether oxygens (including phenoxy) is 1. The first kappa shape index (κ1) is 12.6. The molecule has 0 aliphatic heterocycles. The van der Waals surface area contributed by atoms with Crippen molar-refractivity contribution in [3.05, 3.63) is 12.2 Å². The molecule has 0 radical (unpaired) electrons. The Balaban J connectivity index is 2.31. The number of hydrogen-bond donors (Lipinski definition) is 1. The molecule has 1 aromatic rings. The van der Waals surface area contributed by atoms with Gasteiger partial charge in [0.05, 0.1) is 7.11 Å². The molecule has 1 unspecified atom stereocenters. The Morgan fingerprint density at radius 2 is 2.44 bits per heavy atom. The number of carbonyl (C=O) groups excluding carboxylic acids is 1. The van der Waals surface area contributed by atoms with Gasteiger partial charge in [0.15, 0.2) is 5.82 Å². The van der Waals surface area contributed by atoms with Gasteiger partial charge in [0.1, 0.15) is 12.4 Å². The molecule has 0 bridgehead atoms. The van der Waals surface area contributed by atoms with Crippen LogP contribution >= 0.6 is 0 Å². The first-order chi connectivity index (χ1) is 7.67. The van der Waals surface area contributed by atoms with Crippen molar-refractivity contribution in [1.29, 1.82) is 0 Å². The van der Waals surface area contributed by atoms with Crippen molar-refractivity contribution in [2.75, 3.05) is 13.7 Å². The predicted molar refractivity (Wildman–Crippen MR) is 58.8 cm³/mol. The lowest BCUT2D eigenvalue weighted by Gasteiger charge is -2.13. The Hall–Kier alpha value is -1.43. The fraction of sp³-hybridized carbons (Fsp3) is 0.700. The fourth-order valence-electron chi connectivity index (χ4n) is 1.39. The van der Waals surface area contributed by atoms with E-state index in [0.29, 0.717) is 19.4 Å². The standard InChI is InChI=1S/C10H18N4O2/c1-4-8(10(15)16-3)11-6-5-9-12-7-14(2)13-9/h7-8,11H,4-6H2,1-3H3. The van der Waals surface area contributed by atoms with Crippen LogP contribution in [-0.2, 0) is 23.0 Å². The van der Waals surface area contributed by atoms with E-state index in [0.717, 1.165) is 5.82 Å². The molecule has 1 atom stereocenters. The average molecular weight is 226 g/mol. The van der Waals surface area contributed by atoms with Crippen LogP contribution in [0.2, 0.25) is 0 Å². The van der Waals surface area contributed by atoms with E-state index in [1.54, 1.807) is 11.0 Å². The molecule has 90 valence electrons. The summed E-state index contributed by atoms with van der Waals surface area (Å²) in [6.07, 6.45) is 3.07. The zero-order valence-corrected chi connectivity index (χ0v) is 9.93. The summed E-state index contributed by atoms with van der Waals surface area (Å²) in [5.74, 6) is 0.547. The summed E-state index contributed by atoms with van der Waals surface area (Å²) < 4.78 is 6.33. The summed E-state index contributed by atoms with van der Waals surface area (Å²) in [6, 6.07) is -0.242. The van der Waals surface area contributed by atoms with Crippen LogP contribution in [0, 0.1) is 0 Å². The third kappa shape index (κ3) is 3.62. The van der Waals surface area contributed by atoms with Gasteiger partial charge >= 0.3 is 5.97 Å². The van der Waals surface area contributed by atoms with Gasteiger partial charge in [0.25, 0.3) is 0 Å². The van der Waals surface area contributed by atoms with Crippen molar-refractivity contribution in [1.82, 2.24) is 20.1 Å². The van der Waals surface area contributed by atoms with E-state index in [-0.39, 0.29) is 12.0 Å². The predicted octanol–water partition coefficient (Wildman–Crippen LogP) is -0.101. The highest BCUT2D eigenvalue weighted by Crippen LogP contribution is 1.95. The largest absolute Gasteiger partial charge is 0.468 e. The molecule has 0 saturated carbocycles. The highest BCUT2D eigenvalue weighted by molar-refractivity contribution is 5.75. The second-order valence-electron chi connectivity index (χ2n) is 3.52. The molecule has 0 saturated heterocycles. The molecule has 16 heavy (non-hydrogen) atoms. The first-order valence-corrected chi connectivity index (χ1v) is 5.33. The maximum atomic E-state index is 11.3. The molecule has 6 nitrogen and oxygen atoms in total. The fourth-order valence-corrected chi connectivity index (χ4v) is 1.39. The molecule has 0 amide bonds. The number of carbonyl (C=O) groups is 1. The summed E-state index contributed by atoms with van der Waals surface area (Å²) in [5.41, 5.74) is 0. The number of rotatable bonds is 6. The first-order valence-electron chi connectivity index (χ1n) is 5.33. The SMILES string of the molecule is CCC(NCCc1ncn(C)n1)C(=O)OC. The lowest BCUT2D eigenvalue weighted by molar-refractivity contribution is -0.143. The van der Waals surface area contributed by atoms with Gasteiger partial charge in [-0.3, -0.25) is 9.48 Å². The van der Waals surface area contributed by atoms with Crippen molar-refractivity contribution in [3.63, 3.8) is 0 Å². The van der Waals surface area contributed by atoms with Gasteiger partial charge in [0.2, 0.25) is 0 Å². The lowest BCUT2D eigenvalue weighted by Crippen LogP contribution is -2.38. The zero-order chi connectivity index (χ0) is 12.0. The van der Waals surface area contributed by atoms with Crippen molar-refractivity contribution < 1.29 is 9.53 Å². The molecule has 1 rings (SSSR count). The minimum Gasteiger partial charge on any atom is -0.468 e. The number of aryl methyl sites for hydroxylation is 1. The molecule has 0 fully saturated rings. The third-order valence-electron chi connectivity index (χ3n) is 2.28. The highest BCUT2D eigenvalue weighted by atomic mass is 16.5. The Bertz CT molecular complexity index is 337. The zero-order valence-electron chi connectivity index (χ0n) is 9.93. The number of methoxy groups -OCH3 is 1. The molecule has 1 heterocycles. The van der Waals surface area contributed by atoms with Gasteiger partial charge in [-0.15, -0.1) is 0 Å². The number of aromatic nitrogens is 3. The van der Waals surface area contributed by atoms with Crippen LogP contribution < -0.4 is 5.32 Å². The quantitative estimate of drug-likeness (QED) is 0.686. The minimum absolute atomic E-state index is 0.225. The summed E-state index contributed by atoms with van der Waals surface area (Å²) in [5, 5.41) is 7.26. The number of hydrogen-bond acceptors (Lipinski definition) is 5. The van der Waals surface area contributed by atoms with E-state index < -0.39 is 0 Å². The average Bonchev–Trinajstić information content (AvgIpc) is 2.69. The summed E-state index contributed by atoms with van der Waals surface area (Å²) in [4.78, 5) is 15.4. The topological polar surface area (TPSA) is 69.0 Å². The monoisotopic (exact) mass is 226 g/mol. The van der Waals surface area contributed by atoms with Crippen LogP contribution in [0.25, 0.3) is 0 Å². The van der Waals surface area contributed by atoms with Crippen molar-refractivity contribution in [3.8, 4) is 0 Å². The Morgan fingerprint density at radius 1 is 1.69 bits per heavy atom. The van der Waals surface area contributed by atoms with Crippen LogP contribution in [0.4, 0.5) is 0 Å². The van der Waals surface area contributed by atoms with Crippen molar-refractivity contribution >= 4 is 5.97 Å². The number of esters is 1. The van der Waals surface area contributed by atoms with E-state index >= 15 is 0 Å². The van der Waals surface area contributed by atoms with Gasteiger partial charge in [0, 0.05) is 20.0 Å². The maximum Gasteiger partial charge on any atom is 0.322 e. The Morgan fingerprint density at radius 3 is 2.94 bits per heavy atom. The molecule has 1 aromatic heterocycles. The van der Waals surface area contributed by atoms with Crippen molar-refractivity contribution in [2.24, 2.45) is 7.05 Å². The van der Waals surface area contributed by atoms with E-state index in [4.69, 9.17) is 0 Å². The summed E-state index contributed by atoms with van der Waals surface area (Å²) in [7, 11) is 3.22. The number of nitrogens with one attached hydrogen (secondary N) is 1. The van der Waals surface area contributed by atoms with E-state index in [1.807, 2.05) is 14.0 Å². The van der Waals surface area contributed by atoms with Gasteiger partial charge < -0.3 is 10.1 Å². The van der Waals surface area contributed by atoms with E-state index in [1.165, 1.54) is 7.11 Å². The molecule has 0 aliphatic carbocycles. The Labute approximate surface area is 95.0 Å². The summed E-state index contributed by atoms with van der Waals surface area (Å²) in [6.45, 7) is 2.60. The van der Waals surface area contributed by atoms with Crippen molar-refractivity contribution in [2.45, 2.75) is 25.8 Å². The van der Waals surface area contributed by atoms with Gasteiger partial charge in [-0.25, -0.2) is 4.98 Å². The van der Waals surface area contributed by atoms with Crippen LogP contribution in [0.1, 0.15) is 19.2 Å². The van der Waals surface area contributed by atoms with Crippen LogP contribution in [0.15, 0.2) is 6.33 Å². The van der Waals surface area contributed by atoms with Crippen LogP contribution in [0.3, 0.4) is 0 Å². The second kappa shape index (κ2) is 6.22. The van der Waals surface area contributed by atoms with E-state index in [9.17, 15) is 4.79 Å². The maximum absolute atomic E-state index is 11.3. The smallest absolute Gasteiger partial charge is 0.322 e. The molecular weight excluding hydrogens is 208 g/mol. The molecule has 0 spiro atoms. The Kier molecular flexibility index (Phi) is 4.91. The van der Waals surface area contributed by atoms with Gasteiger partial charge in [-0.2, -0.15) is 5.10 Å². The molecule has 0 aromatic carbocycles. The lowest BCUT2D eigenvalue weighted by atomic mass is 10.2. The van der Waals surface area contributed by atoms with Crippen LogP contribution in [-0.4, -0.2) is 40.4 Å². The van der Waals surface area contributed by atoms with Gasteiger partial charge in [-0.05, 0) is 6.42 Å². The normalized spacial score (nSPS) is 12.4.